The van der Waals surface area contributed by atoms with E-state index in [1.807, 2.05) is 18.2 Å². The number of sulfone groups is 1. The molecule has 0 radical (unpaired) electrons. The predicted molar refractivity (Wildman–Crippen MR) is 107 cm³/mol. The summed E-state index contributed by atoms with van der Waals surface area (Å²) in [7, 11) is -2.32. The third-order valence-electron chi connectivity index (χ3n) is 5.66. The Kier molecular flexibility index (Phi) is 3.91. The van der Waals surface area contributed by atoms with E-state index in [4.69, 9.17) is 9.47 Å². The fourth-order valence-electron chi connectivity index (χ4n) is 4.35. The highest BCUT2D eigenvalue weighted by Crippen LogP contribution is 2.64. The molecule has 1 fully saturated rings. The van der Waals surface area contributed by atoms with Crippen LogP contribution >= 0.6 is 0 Å². The van der Waals surface area contributed by atoms with Crippen molar-refractivity contribution < 1.29 is 22.7 Å². The quantitative estimate of drug-likeness (QED) is 0.617. The Morgan fingerprint density at radius 2 is 1.55 bits per heavy atom. The Bertz CT molecular complexity index is 1220. The molecule has 2 aliphatic rings. The molecule has 0 N–H and O–H groups in total. The Morgan fingerprint density at radius 3 is 2.31 bits per heavy atom. The van der Waals surface area contributed by atoms with Crippen LogP contribution in [-0.2, 0) is 14.6 Å². The molecule has 3 aromatic carbocycles. The molecule has 1 saturated heterocycles. The first-order valence-corrected chi connectivity index (χ1v) is 10.8. The van der Waals surface area contributed by atoms with Gasteiger partial charge in [0.05, 0.1) is 12.0 Å². The summed E-state index contributed by atoms with van der Waals surface area (Å²) >= 11 is 0. The summed E-state index contributed by atoms with van der Waals surface area (Å²) in [4.78, 5) is 13.7. The maximum Gasteiger partial charge on any atom is 0.200 e. The van der Waals surface area contributed by atoms with Crippen LogP contribution in [0.3, 0.4) is 0 Å². The van der Waals surface area contributed by atoms with Crippen molar-refractivity contribution in [2.45, 2.75) is 21.9 Å². The molecule has 5 rings (SSSR count). The van der Waals surface area contributed by atoms with Crippen molar-refractivity contribution in [2.24, 2.45) is 0 Å². The smallest absolute Gasteiger partial charge is 0.200 e. The number of carbonyl (C=O) groups is 1. The summed E-state index contributed by atoms with van der Waals surface area (Å²) in [6.07, 6.45) is -0.709. The van der Waals surface area contributed by atoms with E-state index in [9.17, 15) is 13.2 Å². The summed E-state index contributed by atoms with van der Waals surface area (Å²) in [5.41, 5.74) is -0.132. The molecule has 0 unspecified atom stereocenters. The summed E-state index contributed by atoms with van der Waals surface area (Å²) in [6, 6.07) is 22.4. The van der Waals surface area contributed by atoms with Crippen LogP contribution in [0.25, 0.3) is 0 Å². The molecule has 3 atom stereocenters. The molecule has 29 heavy (non-hydrogen) atoms. The molecule has 2 heterocycles. The number of ether oxygens (including phenoxy) is 2. The van der Waals surface area contributed by atoms with Gasteiger partial charge in [0.25, 0.3) is 0 Å². The normalized spacial score (nSPS) is 26.7. The number of hydrogen-bond acceptors (Lipinski definition) is 5. The second-order valence-electron chi connectivity index (χ2n) is 7.19. The van der Waals surface area contributed by atoms with E-state index >= 15 is 0 Å². The highest BCUT2D eigenvalue weighted by Gasteiger charge is 2.74. The van der Waals surface area contributed by atoms with Crippen LogP contribution < -0.4 is 4.74 Å². The van der Waals surface area contributed by atoms with Crippen LogP contribution in [0.15, 0.2) is 83.8 Å². The van der Waals surface area contributed by atoms with Gasteiger partial charge >= 0.3 is 0 Å². The van der Waals surface area contributed by atoms with Crippen LogP contribution in [0.2, 0.25) is 0 Å². The van der Waals surface area contributed by atoms with Gasteiger partial charge in [0.1, 0.15) is 17.1 Å². The number of fused-ring (bicyclic) bond motifs is 1. The van der Waals surface area contributed by atoms with Gasteiger partial charge in [0.15, 0.2) is 15.4 Å². The minimum absolute atomic E-state index is 0.0544. The van der Waals surface area contributed by atoms with Gasteiger partial charge in [-0.2, -0.15) is 0 Å². The van der Waals surface area contributed by atoms with Gasteiger partial charge in [-0.25, -0.2) is 8.42 Å². The molecular formula is C23H18O5S. The average Bonchev–Trinajstić information content (AvgIpc) is 3.48. The topological polar surface area (TPSA) is 73.0 Å². The lowest BCUT2D eigenvalue weighted by Crippen LogP contribution is -2.42. The molecule has 5 nitrogen and oxygen atoms in total. The maximum atomic E-state index is 13.7. The lowest BCUT2D eigenvalue weighted by atomic mass is 9.84. The molecule has 0 aromatic heterocycles. The first-order chi connectivity index (χ1) is 14.0. The minimum Gasteiger partial charge on any atom is -0.496 e. The fourth-order valence-corrected chi connectivity index (χ4v) is 6.61. The van der Waals surface area contributed by atoms with E-state index in [2.05, 4.69) is 0 Å². The number of para-hydroxylation sites is 1. The van der Waals surface area contributed by atoms with Gasteiger partial charge < -0.3 is 9.47 Å². The Balaban J connectivity index is 1.77. The Morgan fingerprint density at radius 1 is 0.897 bits per heavy atom. The van der Waals surface area contributed by atoms with Crippen molar-refractivity contribution in [3.8, 4) is 5.75 Å². The number of carbonyl (C=O) groups excluding carboxylic acids is 1. The summed E-state index contributed by atoms with van der Waals surface area (Å²) < 4.78 is 38.8. The fraction of sp³-hybridized carbons (Fsp3) is 0.174. The van der Waals surface area contributed by atoms with Crippen LogP contribution in [0.1, 0.15) is 32.8 Å². The van der Waals surface area contributed by atoms with Gasteiger partial charge in [-0.05, 0) is 23.8 Å². The summed E-state index contributed by atoms with van der Waals surface area (Å²) in [5, 5.41) is -1.13. The van der Waals surface area contributed by atoms with Crippen molar-refractivity contribution in [3.63, 3.8) is 0 Å². The van der Waals surface area contributed by atoms with Crippen LogP contribution in [0, 0.1) is 0 Å². The zero-order valence-corrected chi connectivity index (χ0v) is 16.4. The summed E-state index contributed by atoms with van der Waals surface area (Å²) in [5.74, 6) is 0.248. The van der Waals surface area contributed by atoms with E-state index in [1.54, 1.807) is 54.6 Å². The Hall–Kier alpha value is -2.96. The van der Waals surface area contributed by atoms with Gasteiger partial charge in [-0.15, -0.1) is 0 Å². The van der Waals surface area contributed by atoms with Crippen molar-refractivity contribution >= 4 is 15.6 Å². The van der Waals surface area contributed by atoms with Crippen LogP contribution in [-0.4, -0.2) is 26.9 Å². The van der Waals surface area contributed by atoms with E-state index < -0.39 is 26.8 Å². The molecule has 2 aliphatic heterocycles. The first kappa shape index (κ1) is 18.1. The van der Waals surface area contributed by atoms with Gasteiger partial charge in [-0.1, -0.05) is 60.7 Å². The molecule has 6 heteroatoms. The van der Waals surface area contributed by atoms with Crippen molar-refractivity contribution in [1.82, 2.24) is 0 Å². The summed E-state index contributed by atoms with van der Waals surface area (Å²) in [6.45, 7) is 0. The zero-order valence-electron chi connectivity index (χ0n) is 15.6. The number of benzene rings is 3. The molecule has 0 amide bonds. The van der Waals surface area contributed by atoms with Gasteiger partial charge in [0, 0.05) is 11.1 Å². The van der Waals surface area contributed by atoms with E-state index in [0.717, 1.165) is 0 Å². The molecule has 146 valence electrons. The maximum absolute atomic E-state index is 13.7. The van der Waals surface area contributed by atoms with E-state index in [0.29, 0.717) is 16.9 Å². The van der Waals surface area contributed by atoms with E-state index in [1.165, 1.54) is 13.2 Å². The SMILES string of the molecule is COc1ccccc1[C@H]1O[C@]12C(=O)c1ccccc1S(=O)(=O)[C@H]2c1ccccc1. The van der Waals surface area contributed by atoms with Gasteiger partial charge in [-0.3, -0.25) is 4.79 Å². The number of hydrogen-bond donors (Lipinski definition) is 0. The third kappa shape index (κ3) is 2.42. The lowest BCUT2D eigenvalue weighted by molar-refractivity contribution is 0.0856. The second-order valence-corrected chi connectivity index (χ2v) is 9.20. The molecule has 0 saturated carbocycles. The van der Waals surface area contributed by atoms with Crippen LogP contribution in [0.4, 0.5) is 0 Å². The second kappa shape index (κ2) is 6.27. The highest BCUT2D eigenvalue weighted by molar-refractivity contribution is 7.92. The average molecular weight is 406 g/mol. The molecule has 1 spiro atoms. The van der Waals surface area contributed by atoms with Crippen molar-refractivity contribution in [3.05, 3.63) is 95.6 Å². The van der Waals surface area contributed by atoms with E-state index in [-0.39, 0.29) is 16.2 Å². The third-order valence-corrected chi connectivity index (χ3v) is 7.87. The largest absolute Gasteiger partial charge is 0.496 e. The standard InChI is InChI=1S/C23H18O5S/c1-27-18-13-7-5-11-16(18)21-23(28-21)20(24)17-12-6-8-14-19(17)29(25,26)22(23)15-9-3-2-4-10-15/h2-14,21-22H,1H3/t21-,22+,23-/m1/s1. The first-order valence-electron chi connectivity index (χ1n) is 9.25. The molecule has 0 aliphatic carbocycles. The number of epoxide rings is 1. The van der Waals surface area contributed by atoms with Crippen LogP contribution in [0.5, 0.6) is 5.75 Å². The predicted octanol–water partition coefficient (Wildman–Crippen LogP) is 3.92. The minimum atomic E-state index is -3.86. The highest BCUT2D eigenvalue weighted by atomic mass is 32.2. The molecule has 3 aromatic rings. The zero-order chi connectivity index (χ0) is 20.2. The van der Waals surface area contributed by atoms with Crippen molar-refractivity contribution in [1.29, 1.82) is 0 Å². The Labute approximate surface area is 168 Å². The lowest BCUT2D eigenvalue weighted by Gasteiger charge is -2.30. The molecule has 0 bridgehead atoms. The molecular weight excluding hydrogens is 388 g/mol. The number of ketones is 1. The monoisotopic (exact) mass is 406 g/mol. The van der Waals surface area contributed by atoms with Gasteiger partial charge in [0.2, 0.25) is 5.78 Å². The number of methoxy groups -OCH3 is 1. The number of rotatable bonds is 3. The van der Waals surface area contributed by atoms with Crippen molar-refractivity contribution in [2.75, 3.05) is 7.11 Å². The number of Topliss-reactive ketones (excluding diaryl/α,β-unsaturated/α-hetero) is 1.